The molecule has 1 aromatic rings. The molecule has 2 heterocycles. The molecular weight excluding hydrogens is 296 g/mol. The topological polar surface area (TPSA) is 105 Å². The van der Waals surface area contributed by atoms with E-state index in [1.54, 1.807) is 6.92 Å². The third kappa shape index (κ3) is 5.02. The van der Waals surface area contributed by atoms with E-state index in [0.29, 0.717) is 12.6 Å². The number of carbonyl (C=O) groups is 1. The van der Waals surface area contributed by atoms with E-state index in [4.69, 9.17) is 10.2 Å². The zero-order valence-corrected chi connectivity index (χ0v) is 14.0. The molecule has 7 heteroatoms. The number of oxazole rings is 1. The molecule has 3 unspecified atom stereocenters. The summed E-state index contributed by atoms with van der Waals surface area (Å²) in [6.45, 7) is 6.57. The summed E-state index contributed by atoms with van der Waals surface area (Å²) >= 11 is 0. The highest BCUT2D eigenvalue weighted by Crippen LogP contribution is 2.16. The van der Waals surface area contributed by atoms with Gasteiger partial charge in [-0.1, -0.05) is 6.42 Å². The molecule has 0 aromatic carbocycles. The zero-order valence-electron chi connectivity index (χ0n) is 14.0. The Kier molecular flexibility index (Phi) is 6.56. The standard InChI is InChI=1S/C16H28N4O3/c1-11-6-3-4-8-20(11)9-5-7-18-15(22)13-10-23-16(19-13)14(17)12(2)21/h10-12,14,21H,3-9,17H2,1-2H3,(H,18,22). The Bertz CT molecular complexity index is 503. The van der Waals surface area contributed by atoms with Crippen molar-refractivity contribution in [2.75, 3.05) is 19.6 Å². The molecular formula is C16H28N4O3. The molecule has 1 saturated heterocycles. The SMILES string of the molecule is CC(O)C(N)c1nc(C(=O)NCCCN2CCCCC2C)co1. The first-order valence-electron chi connectivity index (χ1n) is 8.40. The van der Waals surface area contributed by atoms with E-state index in [1.165, 1.54) is 25.5 Å². The minimum Gasteiger partial charge on any atom is -0.446 e. The lowest BCUT2D eigenvalue weighted by Crippen LogP contribution is -2.39. The van der Waals surface area contributed by atoms with Crippen LogP contribution < -0.4 is 11.1 Å². The Hall–Kier alpha value is -1.44. The van der Waals surface area contributed by atoms with Crippen molar-refractivity contribution in [3.05, 3.63) is 17.8 Å². The van der Waals surface area contributed by atoms with E-state index in [9.17, 15) is 9.90 Å². The summed E-state index contributed by atoms with van der Waals surface area (Å²) in [4.78, 5) is 18.5. The van der Waals surface area contributed by atoms with E-state index in [1.807, 2.05) is 0 Å². The summed E-state index contributed by atoms with van der Waals surface area (Å²) in [6, 6.07) is -0.0864. The van der Waals surface area contributed by atoms with Crippen LogP contribution in [-0.4, -0.2) is 52.7 Å². The van der Waals surface area contributed by atoms with Crippen molar-refractivity contribution in [2.45, 2.75) is 57.7 Å². The number of piperidine rings is 1. The molecule has 0 aliphatic carbocycles. The Morgan fingerprint density at radius 1 is 1.61 bits per heavy atom. The smallest absolute Gasteiger partial charge is 0.273 e. The summed E-state index contributed by atoms with van der Waals surface area (Å²) in [5.74, 6) is -0.100. The number of aliphatic hydroxyl groups excluding tert-OH is 1. The molecule has 7 nitrogen and oxygen atoms in total. The van der Waals surface area contributed by atoms with Gasteiger partial charge in [0, 0.05) is 19.1 Å². The van der Waals surface area contributed by atoms with Crippen LogP contribution >= 0.6 is 0 Å². The van der Waals surface area contributed by atoms with Crippen molar-refractivity contribution in [3.8, 4) is 0 Å². The second-order valence-electron chi connectivity index (χ2n) is 6.33. The Balaban J connectivity index is 1.72. The Labute approximate surface area is 137 Å². The van der Waals surface area contributed by atoms with Crippen LogP contribution in [0.3, 0.4) is 0 Å². The van der Waals surface area contributed by atoms with Gasteiger partial charge in [0.2, 0.25) is 5.89 Å². The molecule has 2 rings (SSSR count). The number of aromatic nitrogens is 1. The summed E-state index contributed by atoms with van der Waals surface area (Å²) in [5.41, 5.74) is 5.92. The first-order chi connectivity index (χ1) is 11.0. The van der Waals surface area contributed by atoms with Gasteiger partial charge in [0.15, 0.2) is 5.69 Å². The number of carbonyl (C=O) groups excluding carboxylic acids is 1. The molecule has 23 heavy (non-hydrogen) atoms. The lowest BCUT2D eigenvalue weighted by molar-refractivity contribution is 0.0943. The number of nitrogens with two attached hydrogens (primary N) is 1. The van der Waals surface area contributed by atoms with Crippen molar-refractivity contribution in [1.29, 1.82) is 0 Å². The third-order valence-electron chi connectivity index (χ3n) is 4.41. The number of amides is 1. The van der Waals surface area contributed by atoms with E-state index >= 15 is 0 Å². The van der Waals surface area contributed by atoms with Gasteiger partial charge in [-0.2, -0.15) is 0 Å². The van der Waals surface area contributed by atoms with Crippen molar-refractivity contribution in [3.63, 3.8) is 0 Å². The second kappa shape index (κ2) is 8.42. The number of aliphatic hydroxyl groups is 1. The fraction of sp³-hybridized carbons (Fsp3) is 0.750. The first kappa shape index (κ1) is 17.9. The molecule has 1 aromatic heterocycles. The van der Waals surface area contributed by atoms with Crippen LogP contribution in [0.4, 0.5) is 0 Å². The fourth-order valence-corrected chi connectivity index (χ4v) is 2.82. The van der Waals surface area contributed by atoms with Crippen molar-refractivity contribution >= 4 is 5.91 Å². The van der Waals surface area contributed by atoms with Gasteiger partial charge < -0.3 is 25.5 Å². The van der Waals surface area contributed by atoms with Crippen LogP contribution in [0, 0.1) is 0 Å². The molecule has 0 radical (unpaired) electrons. The molecule has 1 aliphatic rings. The number of nitrogens with zero attached hydrogens (tertiary/aromatic N) is 2. The average Bonchev–Trinajstić information content (AvgIpc) is 3.02. The van der Waals surface area contributed by atoms with Gasteiger partial charge in [-0.05, 0) is 39.7 Å². The zero-order chi connectivity index (χ0) is 16.8. The van der Waals surface area contributed by atoms with E-state index in [0.717, 1.165) is 19.5 Å². The Morgan fingerprint density at radius 2 is 2.39 bits per heavy atom. The van der Waals surface area contributed by atoms with E-state index in [2.05, 4.69) is 22.1 Å². The maximum atomic E-state index is 12.0. The minimum absolute atomic E-state index is 0.173. The fourth-order valence-electron chi connectivity index (χ4n) is 2.82. The number of hydrogen-bond acceptors (Lipinski definition) is 6. The van der Waals surface area contributed by atoms with Crippen LogP contribution in [0.5, 0.6) is 0 Å². The first-order valence-corrected chi connectivity index (χ1v) is 8.40. The molecule has 1 aliphatic heterocycles. The number of nitrogens with one attached hydrogen (secondary N) is 1. The lowest BCUT2D eigenvalue weighted by atomic mass is 10.0. The molecule has 3 atom stereocenters. The summed E-state index contributed by atoms with van der Waals surface area (Å²) < 4.78 is 5.16. The van der Waals surface area contributed by atoms with Gasteiger partial charge in [-0.15, -0.1) is 0 Å². The van der Waals surface area contributed by atoms with Crippen molar-refractivity contribution < 1.29 is 14.3 Å². The van der Waals surface area contributed by atoms with Gasteiger partial charge in [0.05, 0.1) is 6.10 Å². The van der Waals surface area contributed by atoms with Crippen LogP contribution in [0.2, 0.25) is 0 Å². The molecule has 130 valence electrons. The molecule has 1 amide bonds. The maximum Gasteiger partial charge on any atom is 0.273 e. The van der Waals surface area contributed by atoms with Gasteiger partial charge in [0.25, 0.3) is 5.91 Å². The van der Waals surface area contributed by atoms with Crippen LogP contribution in [0.1, 0.15) is 62.0 Å². The highest BCUT2D eigenvalue weighted by Gasteiger charge is 2.21. The highest BCUT2D eigenvalue weighted by molar-refractivity contribution is 5.91. The van der Waals surface area contributed by atoms with Crippen molar-refractivity contribution in [2.24, 2.45) is 5.73 Å². The normalized spacial score (nSPS) is 21.8. The third-order valence-corrected chi connectivity index (χ3v) is 4.41. The summed E-state index contributed by atoms with van der Waals surface area (Å²) in [7, 11) is 0. The van der Waals surface area contributed by atoms with Gasteiger partial charge >= 0.3 is 0 Å². The monoisotopic (exact) mass is 324 g/mol. The van der Waals surface area contributed by atoms with Crippen LogP contribution in [-0.2, 0) is 0 Å². The molecule has 4 N–H and O–H groups in total. The lowest BCUT2D eigenvalue weighted by Gasteiger charge is -2.33. The summed E-state index contributed by atoms with van der Waals surface area (Å²) in [5, 5.41) is 12.3. The number of rotatable bonds is 7. The highest BCUT2D eigenvalue weighted by atomic mass is 16.3. The molecule has 1 fully saturated rings. The second-order valence-corrected chi connectivity index (χ2v) is 6.33. The Morgan fingerprint density at radius 3 is 3.09 bits per heavy atom. The van der Waals surface area contributed by atoms with E-state index < -0.39 is 12.1 Å². The number of likely N-dealkylation sites (tertiary alicyclic amines) is 1. The van der Waals surface area contributed by atoms with Crippen molar-refractivity contribution in [1.82, 2.24) is 15.2 Å². The maximum absolute atomic E-state index is 12.0. The molecule has 0 bridgehead atoms. The largest absolute Gasteiger partial charge is 0.446 e. The van der Waals surface area contributed by atoms with Gasteiger partial charge in [-0.3, -0.25) is 4.79 Å². The summed E-state index contributed by atoms with van der Waals surface area (Å²) in [6.07, 6.45) is 5.25. The van der Waals surface area contributed by atoms with Gasteiger partial charge in [-0.25, -0.2) is 4.98 Å². The molecule has 0 spiro atoms. The van der Waals surface area contributed by atoms with Crippen LogP contribution in [0.25, 0.3) is 0 Å². The minimum atomic E-state index is -0.781. The van der Waals surface area contributed by atoms with Crippen LogP contribution in [0.15, 0.2) is 10.7 Å². The predicted molar refractivity (Wildman–Crippen MR) is 86.9 cm³/mol. The molecule has 0 saturated carbocycles. The average molecular weight is 324 g/mol. The van der Waals surface area contributed by atoms with E-state index in [-0.39, 0.29) is 17.5 Å². The van der Waals surface area contributed by atoms with Gasteiger partial charge in [0.1, 0.15) is 12.3 Å². The predicted octanol–water partition coefficient (Wildman–Crippen LogP) is 1.05. The quantitative estimate of drug-likeness (QED) is 0.648. The number of hydrogen-bond donors (Lipinski definition) is 3.